The smallest absolute Gasteiger partial charge is 0.218 e. The van der Waals surface area contributed by atoms with Crippen LogP contribution in [-0.4, -0.2) is 24.9 Å². The van der Waals surface area contributed by atoms with E-state index in [1.54, 1.807) is 13.2 Å². The average molecular weight is 249 g/mol. The van der Waals surface area contributed by atoms with Crippen molar-refractivity contribution in [3.05, 3.63) is 11.8 Å². The van der Waals surface area contributed by atoms with Gasteiger partial charge in [0.25, 0.3) is 0 Å². The predicted octanol–water partition coefficient (Wildman–Crippen LogP) is 2.08. The van der Waals surface area contributed by atoms with Gasteiger partial charge in [0.1, 0.15) is 18.4 Å². The fraction of sp³-hybridized carbons (Fsp3) is 0.615. The van der Waals surface area contributed by atoms with Gasteiger partial charge in [-0.05, 0) is 12.8 Å². The summed E-state index contributed by atoms with van der Waals surface area (Å²) in [6.07, 6.45) is 4.57. The van der Waals surface area contributed by atoms with Gasteiger partial charge < -0.3 is 15.2 Å². The summed E-state index contributed by atoms with van der Waals surface area (Å²) in [5, 5.41) is 9.18. The van der Waals surface area contributed by atoms with Crippen LogP contribution in [0.25, 0.3) is 0 Å². The van der Waals surface area contributed by atoms with Crippen LogP contribution in [0.1, 0.15) is 37.4 Å². The Morgan fingerprint density at radius 1 is 1.44 bits per heavy atom. The van der Waals surface area contributed by atoms with Crippen molar-refractivity contribution in [3.8, 4) is 11.9 Å². The SMILES string of the molecule is COCCOc1c(N)cc(C#N)n1C1CCCC1. The number of methoxy groups -OCH3 is 1. The first kappa shape index (κ1) is 12.8. The molecule has 0 spiro atoms. The highest BCUT2D eigenvalue weighted by atomic mass is 16.5. The number of hydrogen-bond donors (Lipinski definition) is 1. The van der Waals surface area contributed by atoms with Crippen LogP contribution in [0, 0.1) is 11.3 Å². The normalized spacial score (nSPS) is 15.8. The third-order valence-electron chi connectivity index (χ3n) is 3.35. The second-order valence-corrected chi connectivity index (χ2v) is 4.55. The second-order valence-electron chi connectivity index (χ2n) is 4.55. The first-order valence-electron chi connectivity index (χ1n) is 6.30. The van der Waals surface area contributed by atoms with Gasteiger partial charge in [0.2, 0.25) is 5.88 Å². The molecule has 0 radical (unpaired) electrons. The molecule has 0 saturated heterocycles. The first-order chi connectivity index (χ1) is 8.77. The minimum atomic E-state index is 0.342. The number of aromatic nitrogens is 1. The zero-order valence-electron chi connectivity index (χ0n) is 10.7. The van der Waals surface area contributed by atoms with E-state index in [9.17, 15) is 5.26 Å². The summed E-state index contributed by atoms with van der Waals surface area (Å²) >= 11 is 0. The molecule has 0 atom stereocenters. The lowest BCUT2D eigenvalue weighted by atomic mass is 10.2. The molecule has 1 aliphatic carbocycles. The highest BCUT2D eigenvalue weighted by Gasteiger charge is 2.24. The van der Waals surface area contributed by atoms with E-state index in [2.05, 4.69) is 6.07 Å². The third-order valence-corrected chi connectivity index (χ3v) is 3.35. The van der Waals surface area contributed by atoms with Gasteiger partial charge in [0.05, 0.1) is 12.3 Å². The molecule has 98 valence electrons. The number of nitriles is 1. The largest absolute Gasteiger partial charge is 0.475 e. The minimum absolute atomic E-state index is 0.342. The summed E-state index contributed by atoms with van der Waals surface area (Å²) in [5.74, 6) is 0.621. The molecule has 0 amide bonds. The van der Waals surface area contributed by atoms with E-state index < -0.39 is 0 Å². The molecule has 1 fully saturated rings. The zero-order valence-corrected chi connectivity index (χ0v) is 10.7. The number of nitrogen functional groups attached to an aromatic ring is 1. The van der Waals surface area contributed by atoms with Crippen molar-refractivity contribution in [2.75, 3.05) is 26.1 Å². The zero-order chi connectivity index (χ0) is 13.0. The van der Waals surface area contributed by atoms with Crippen molar-refractivity contribution >= 4 is 5.69 Å². The summed E-state index contributed by atoms with van der Waals surface area (Å²) in [6, 6.07) is 4.23. The van der Waals surface area contributed by atoms with Crippen LogP contribution in [0.2, 0.25) is 0 Å². The van der Waals surface area contributed by atoms with Crippen molar-refractivity contribution in [1.29, 1.82) is 5.26 Å². The van der Waals surface area contributed by atoms with E-state index >= 15 is 0 Å². The number of nitrogens with zero attached hydrogens (tertiary/aromatic N) is 2. The molecule has 1 aromatic rings. The van der Waals surface area contributed by atoms with Gasteiger partial charge in [-0.25, -0.2) is 0 Å². The van der Waals surface area contributed by atoms with Crippen LogP contribution in [0.5, 0.6) is 5.88 Å². The minimum Gasteiger partial charge on any atom is -0.475 e. The van der Waals surface area contributed by atoms with Gasteiger partial charge in [0.15, 0.2) is 0 Å². The maximum atomic E-state index is 9.18. The number of ether oxygens (including phenoxy) is 2. The molecular formula is C13H19N3O2. The summed E-state index contributed by atoms with van der Waals surface area (Å²) in [7, 11) is 1.63. The molecule has 0 aliphatic heterocycles. The predicted molar refractivity (Wildman–Crippen MR) is 68.4 cm³/mol. The molecular weight excluding hydrogens is 230 g/mol. The van der Waals surface area contributed by atoms with Gasteiger partial charge in [-0.3, -0.25) is 4.57 Å². The summed E-state index contributed by atoms with van der Waals surface area (Å²) in [6.45, 7) is 0.958. The molecule has 0 bridgehead atoms. The van der Waals surface area contributed by atoms with E-state index in [0.29, 0.717) is 36.5 Å². The molecule has 5 heteroatoms. The van der Waals surface area contributed by atoms with E-state index in [0.717, 1.165) is 12.8 Å². The Kier molecular flexibility index (Phi) is 4.11. The lowest BCUT2D eigenvalue weighted by Gasteiger charge is -2.17. The fourth-order valence-electron chi connectivity index (χ4n) is 2.51. The Balaban J connectivity index is 2.25. The van der Waals surface area contributed by atoms with Gasteiger partial charge >= 0.3 is 0 Å². The molecule has 2 N–H and O–H groups in total. The van der Waals surface area contributed by atoms with Crippen LogP contribution in [0.15, 0.2) is 6.07 Å². The highest BCUT2D eigenvalue weighted by molar-refractivity contribution is 5.55. The molecule has 1 aliphatic rings. The van der Waals surface area contributed by atoms with Crippen LogP contribution in [0.3, 0.4) is 0 Å². The third kappa shape index (κ3) is 2.44. The van der Waals surface area contributed by atoms with Crippen molar-refractivity contribution in [2.24, 2.45) is 0 Å². The summed E-state index contributed by atoms with van der Waals surface area (Å²) < 4.78 is 12.6. The van der Waals surface area contributed by atoms with E-state index in [1.165, 1.54) is 12.8 Å². The standard InChI is InChI=1S/C13H19N3O2/c1-17-6-7-18-13-12(15)8-11(9-14)16(13)10-4-2-3-5-10/h8,10H,2-7,15H2,1H3. The Bertz CT molecular complexity index is 442. The maximum absolute atomic E-state index is 9.18. The van der Waals surface area contributed by atoms with Crippen LogP contribution < -0.4 is 10.5 Å². The molecule has 2 rings (SSSR count). The van der Waals surface area contributed by atoms with Crippen LogP contribution in [-0.2, 0) is 4.74 Å². The average Bonchev–Trinajstić information content (AvgIpc) is 2.98. The van der Waals surface area contributed by atoms with Gasteiger partial charge in [0, 0.05) is 19.2 Å². The number of nitrogens with two attached hydrogens (primary N) is 1. The van der Waals surface area contributed by atoms with Gasteiger partial charge in [-0.1, -0.05) is 12.8 Å². The molecule has 18 heavy (non-hydrogen) atoms. The summed E-state index contributed by atoms with van der Waals surface area (Å²) in [5.41, 5.74) is 7.06. The van der Waals surface area contributed by atoms with E-state index in [4.69, 9.17) is 15.2 Å². The van der Waals surface area contributed by atoms with E-state index in [-0.39, 0.29) is 0 Å². The van der Waals surface area contributed by atoms with Crippen molar-refractivity contribution < 1.29 is 9.47 Å². The molecule has 0 aromatic carbocycles. The number of rotatable bonds is 5. The van der Waals surface area contributed by atoms with Crippen molar-refractivity contribution in [1.82, 2.24) is 4.57 Å². The molecule has 1 heterocycles. The topological polar surface area (TPSA) is 73.2 Å². The Morgan fingerprint density at radius 2 is 2.17 bits per heavy atom. The first-order valence-corrected chi connectivity index (χ1v) is 6.30. The molecule has 5 nitrogen and oxygen atoms in total. The lowest BCUT2D eigenvalue weighted by molar-refractivity contribution is 0.140. The Labute approximate surface area is 107 Å². The van der Waals surface area contributed by atoms with E-state index in [1.807, 2.05) is 4.57 Å². The maximum Gasteiger partial charge on any atom is 0.218 e. The van der Waals surface area contributed by atoms with Crippen LogP contribution in [0.4, 0.5) is 5.69 Å². The molecule has 1 aromatic heterocycles. The van der Waals surface area contributed by atoms with Crippen LogP contribution >= 0.6 is 0 Å². The quantitative estimate of drug-likeness (QED) is 0.811. The van der Waals surface area contributed by atoms with Gasteiger partial charge in [-0.15, -0.1) is 0 Å². The Morgan fingerprint density at radius 3 is 2.78 bits per heavy atom. The fourth-order valence-corrected chi connectivity index (χ4v) is 2.51. The van der Waals surface area contributed by atoms with Crippen molar-refractivity contribution in [2.45, 2.75) is 31.7 Å². The molecule has 0 unspecified atom stereocenters. The number of anilines is 1. The van der Waals surface area contributed by atoms with Gasteiger partial charge in [-0.2, -0.15) is 5.26 Å². The Hall–Kier alpha value is -1.67. The lowest BCUT2D eigenvalue weighted by Crippen LogP contribution is -2.13. The monoisotopic (exact) mass is 249 g/mol. The van der Waals surface area contributed by atoms with Crippen molar-refractivity contribution in [3.63, 3.8) is 0 Å². The highest BCUT2D eigenvalue weighted by Crippen LogP contribution is 2.38. The summed E-state index contributed by atoms with van der Waals surface area (Å²) in [4.78, 5) is 0. The molecule has 1 saturated carbocycles. The second kappa shape index (κ2) is 5.78. The number of hydrogen-bond acceptors (Lipinski definition) is 4.